The van der Waals surface area contributed by atoms with Crippen molar-refractivity contribution in [3.8, 4) is 0 Å². The molecule has 19 heavy (non-hydrogen) atoms. The Hall–Kier alpha value is -1.46. The van der Waals surface area contributed by atoms with Crippen LogP contribution in [-0.2, 0) is 6.54 Å². The Labute approximate surface area is 121 Å². The number of hydrogen-bond donors (Lipinski definition) is 0. The van der Waals surface area contributed by atoms with Crippen molar-refractivity contribution in [2.24, 2.45) is 0 Å². The van der Waals surface area contributed by atoms with Crippen molar-refractivity contribution >= 4 is 21.7 Å². The normalized spacial score (nSPS) is 10.9. The maximum atomic E-state index is 12.5. The van der Waals surface area contributed by atoms with Gasteiger partial charge in [0.15, 0.2) is 0 Å². The highest BCUT2D eigenvalue weighted by Crippen LogP contribution is 2.19. The highest BCUT2D eigenvalue weighted by molar-refractivity contribution is 9.10. The Morgan fingerprint density at radius 3 is 2.63 bits per heavy atom. The molecule has 0 fully saturated rings. The van der Waals surface area contributed by atoms with Crippen LogP contribution in [0.1, 0.15) is 16.1 Å². The zero-order valence-corrected chi connectivity index (χ0v) is 12.6. The van der Waals surface area contributed by atoms with E-state index >= 15 is 0 Å². The predicted octanol–water partition coefficient (Wildman–Crippen LogP) is 2.44. The number of carbonyl (C=O) groups excluding carboxylic acids is 1. The van der Waals surface area contributed by atoms with Crippen molar-refractivity contribution in [2.75, 3.05) is 20.6 Å². The lowest BCUT2D eigenvalue weighted by atomic mass is 10.1. The topological polar surface area (TPSA) is 38.1 Å². The molecule has 0 saturated carbocycles. The maximum absolute atomic E-state index is 12.5. The summed E-state index contributed by atoms with van der Waals surface area (Å²) in [5.74, 6) is -0.0104. The van der Waals surface area contributed by atoms with Gasteiger partial charge in [0, 0.05) is 12.1 Å². The minimum Gasteiger partial charge on any atom is -0.308 e. The van der Waals surface area contributed by atoms with E-state index in [1.165, 1.54) is 0 Å². The zero-order chi connectivity index (χ0) is 13.8. The molecule has 0 aliphatic carbocycles. The molecule has 0 unspecified atom stereocenters. The van der Waals surface area contributed by atoms with Crippen LogP contribution < -0.4 is 0 Å². The Bertz CT molecular complexity index is 563. The van der Waals surface area contributed by atoms with Crippen molar-refractivity contribution in [2.45, 2.75) is 6.54 Å². The van der Waals surface area contributed by atoms with Crippen LogP contribution in [0.4, 0.5) is 0 Å². The van der Waals surface area contributed by atoms with E-state index in [-0.39, 0.29) is 5.78 Å². The molecule has 0 spiro atoms. The summed E-state index contributed by atoms with van der Waals surface area (Å²) in [7, 11) is 3.99. The van der Waals surface area contributed by atoms with E-state index in [9.17, 15) is 4.79 Å². The van der Waals surface area contributed by atoms with Gasteiger partial charge in [0.1, 0.15) is 5.69 Å². The largest absolute Gasteiger partial charge is 0.308 e. The van der Waals surface area contributed by atoms with E-state index in [0.29, 0.717) is 17.8 Å². The third kappa shape index (κ3) is 3.30. The molecule has 1 aromatic carbocycles. The Morgan fingerprint density at radius 1 is 1.32 bits per heavy atom. The number of halogens is 1. The van der Waals surface area contributed by atoms with E-state index in [4.69, 9.17) is 0 Å². The molecule has 2 aromatic rings. The number of carbonyl (C=O) groups is 1. The molecule has 100 valence electrons. The van der Waals surface area contributed by atoms with Gasteiger partial charge in [0.25, 0.3) is 0 Å². The van der Waals surface area contributed by atoms with Crippen LogP contribution in [0.3, 0.4) is 0 Å². The van der Waals surface area contributed by atoms with Gasteiger partial charge in [-0.2, -0.15) is 5.10 Å². The van der Waals surface area contributed by atoms with Crippen LogP contribution in [0.2, 0.25) is 0 Å². The number of ketones is 1. The van der Waals surface area contributed by atoms with Crippen molar-refractivity contribution in [1.82, 2.24) is 14.7 Å². The summed E-state index contributed by atoms with van der Waals surface area (Å²) in [5.41, 5.74) is 1.28. The molecule has 0 N–H and O–H groups in total. The van der Waals surface area contributed by atoms with Gasteiger partial charge >= 0.3 is 0 Å². The van der Waals surface area contributed by atoms with Crippen molar-refractivity contribution in [3.05, 3.63) is 52.3 Å². The van der Waals surface area contributed by atoms with Gasteiger partial charge in [-0.1, -0.05) is 30.3 Å². The molecular weight excluding hydrogens is 306 g/mol. The minimum atomic E-state index is -0.0104. The summed E-state index contributed by atoms with van der Waals surface area (Å²) < 4.78 is 2.49. The van der Waals surface area contributed by atoms with E-state index in [1.807, 2.05) is 44.4 Å². The predicted molar refractivity (Wildman–Crippen MR) is 78.4 cm³/mol. The first-order valence-corrected chi connectivity index (χ1v) is 6.84. The zero-order valence-electron chi connectivity index (χ0n) is 11.0. The van der Waals surface area contributed by atoms with Gasteiger partial charge in [0.05, 0.1) is 17.2 Å². The number of likely N-dealkylation sites (N-methyl/N-ethyl adjacent to an activating group) is 1. The first-order chi connectivity index (χ1) is 9.09. The first kappa shape index (κ1) is 14.0. The maximum Gasteiger partial charge on any atom is 0.212 e. The minimum absolute atomic E-state index is 0.0104. The third-order valence-corrected chi connectivity index (χ3v) is 3.39. The molecule has 2 rings (SSSR count). The first-order valence-electron chi connectivity index (χ1n) is 6.05. The second-order valence-electron chi connectivity index (χ2n) is 4.56. The lowest BCUT2D eigenvalue weighted by molar-refractivity contribution is 0.102. The molecule has 0 aliphatic rings. The average Bonchev–Trinajstić information content (AvgIpc) is 2.78. The fourth-order valence-corrected chi connectivity index (χ4v) is 2.26. The third-order valence-electron chi connectivity index (χ3n) is 2.80. The van der Waals surface area contributed by atoms with E-state index in [2.05, 4.69) is 25.9 Å². The number of benzene rings is 1. The molecule has 1 heterocycles. The highest BCUT2D eigenvalue weighted by Gasteiger charge is 2.18. The van der Waals surface area contributed by atoms with Gasteiger partial charge in [-0.3, -0.25) is 9.48 Å². The molecule has 0 atom stereocenters. The standard InChI is InChI=1S/C14H16BrN3O/c1-17(2)8-9-18-13(12(15)10-16-18)14(19)11-6-4-3-5-7-11/h3-7,10H,8-9H2,1-2H3. The summed E-state index contributed by atoms with van der Waals surface area (Å²) >= 11 is 3.40. The van der Waals surface area contributed by atoms with E-state index < -0.39 is 0 Å². The molecule has 0 aliphatic heterocycles. The second-order valence-corrected chi connectivity index (χ2v) is 5.42. The number of rotatable bonds is 5. The van der Waals surface area contributed by atoms with Crippen molar-refractivity contribution < 1.29 is 4.79 Å². The lowest BCUT2D eigenvalue weighted by Gasteiger charge is -2.11. The second kappa shape index (κ2) is 6.12. The molecule has 0 saturated heterocycles. The molecule has 4 nitrogen and oxygen atoms in total. The SMILES string of the molecule is CN(C)CCn1ncc(Br)c1C(=O)c1ccccc1. The summed E-state index contributed by atoms with van der Waals surface area (Å²) in [5, 5.41) is 4.26. The van der Waals surface area contributed by atoms with E-state index in [0.717, 1.165) is 11.0 Å². The van der Waals surface area contributed by atoms with Crippen LogP contribution in [0.5, 0.6) is 0 Å². The molecule has 0 amide bonds. The summed E-state index contributed by atoms with van der Waals surface area (Å²) in [4.78, 5) is 14.6. The van der Waals surface area contributed by atoms with Crippen molar-refractivity contribution in [1.29, 1.82) is 0 Å². The van der Waals surface area contributed by atoms with Crippen LogP contribution in [0.25, 0.3) is 0 Å². The fourth-order valence-electron chi connectivity index (χ4n) is 1.78. The monoisotopic (exact) mass is 321 g/mol. The molecular formula is C14H16BrN3O. The number of hydrogen-bond acceptors (Lipinski definition) is 3. The summed E-state index contributed by atoms with van der Waals surface area (Å²) in [6.45, 7) is 1.52. The lowest BCUT2D eigenvalue weighted by Crippen LogP contribution is -2.21. The van der Waals surface area contributed by atoms with Crippen molar-refractivity contribution in [3.63, 3.8) is 0 Å². The van der Waals surface area contributed by atoms with E-state index in [1.54, 1.807) is 10.9 Å². The quantitative estimate of drug-likeness (QED) is 0.794. The van der Waals surface area contributed by atoms with Gasteiger partial charge in [-0.05, 0) is 30.0 Å². The Morgan fingerprint density at radius 2 is 2.00 bits per heavy atom. The van der Waals surface area contributed by atoms with Gasteiger partial charge in [0.2, 0.25) is 5.78 Å². The smallest absolute Gasteiger partial charge is 0.212 e. The summed E-state index contributed by atoms with van der Waals surface area (Å²) in [6.07, 6.45) is 1.67. The van der Waals surface area contributed by atoms with Gasteiger partial charge in [-0.15, -0.1) is 0 Å². The Balaban J connectivity index is 2.29. The molecule has 0 bridgehead atoms. The number of aromatic nitrogens is 2. The molecule has 0 radical (unpaired) electrons. The van der Waals surface area contributed by atoms with Crippen LogP contribution >= 0.6 is 15.9 Å². The molecule has 5 heteroatoms. The van der Waals surface area contributed by atoms with Crippen LogP contribution in [0, 0.1) is 0 Å². The fraction of sp³-hybridized carbons (Fsp3) is 0.286. The average molecular weight is 322 g/mol. The van der Waals surface area contributed by atoms with Crippen LogP contribution in [-0.4, -0.2) is 41.1 Å². The Kier molecular flexibility index (Phi) is 4.50. The number of nitrogens with zero attached hydrogens (tertiary/aromatic N) is 3. The summed E-state index contributed by atoms with van der Waals surface area (Å²) in [6, 6.07) is 9.26. The van der Waals surface area contributed by atoms with Gasteiger partial charge < -0.3 is 4.90 Å². The molecule has 1 aromatic heterocycles. The highest BCUT2D eigenvalue weighted by atomic mass is 79.9. The van der Waals surface area contributed by atoms with Crippen LogP contribution in [0.15, 0.2) is 41.0 Å². The van der Waals surface area contributed by atoms with Gasteiger partial charge in [-0.25, -0.2) is 0 Å².